The highest BCUT2D eigenvalue weighted by atomic mass is 32.2. The van der Waals surface area contributed by atoms with Crippen LogP contribution in [0.4, 0.5) is 0 Å². The second-order valence-electron chi connectivity index (χ2n) is 5.00. The van der Waals surface area contributed by atoms with Gasteiger partial charge in [-0.1, -0.05) is 0 Å². The minimum absolute atomic E-state index is 0.743. The molecule has 2 heterocycles. The summed E-state index contributed by atoms with van der Waals surface area (Å²) in [4.78, 5) is 2.80. The zero-order valence-electron chi connectivity index (χ0n) is 8.30. The van der Waals surface area contributed by atoms with Crippen LogP contribution in [0.3, 0.4) is 0 Å². The Hall–Kier alpha value is 0.310. The van der Waals surface area contributed by atoms with E-state index >= 15 is 0 Å². The van der Waals surface area contributed by atoms with E-state index in [0.717, 1.165) is 11.5 Å². The maximum atomic E-state index is 2.80. The molecule has 1 atom stereocenters. The van der Waals surface area contributed by atoms with Crippen molar-refractivity contribution < 1.29 is 0 Å². The minimum Gasteiger partial charge on any atom is -0.297 e. The second-order valence-corrected chi connectivity index (χ2v) is 6.15. The van der Waals surface area contributed by atoms with E-state index in [4.69, 9.17) is 0 Å². The van der Waals surface area contributed by atoms with E-state index in [2.05, 4.69) is 16.7 Å². The summed E-state index contributed by atoms with van der Waals surface area (Å²) in [5, 5.41) is 0. The zero-order chi connectivity index (χ0) is 8.73. The predicted molar refractivity (Wildman–Crippen MR) is 58.2 cm³/mol. The molecule has 2 saturated heterocycles. The Bertz CT molecular complexity index is 189. The van der Waals surface area contributed by atoms with Crippen LogP contribution in [0, 0.1) is 5.92 Å². The van der Waals surface area contributed by atoms with Crippen LogP contribution in [0.2, 0.25) is 0 Å². The first kappa shape index (κ1) is 8.60. The van der Waals surface area contributed by atoms with Crippen molar-refractivity contribution in [3.05, 3.63) is 0 Å². The summed E-state index contributed by atoms with van der Waals surface area (Å²) in [5.41, 5.74) is 0.743. The third kappa shape index (κ3) is 1.33. The number of likely N-dealkylation sites (tertiary alicyclic amines) is 1. The molecule has 1 saturated carbocycles. The van der Waals surface area contributed by atoms with Crippen LogP contribution in [-0.4, -0.2) is 35.0 Å². The maximum absolute atomic E-state index is 2.80. The quantitative estimate of drug-likeness (QED) is 0.668. The maximum Gasteiger partial charge on any atom is 0.0221 e. The number of hydrogen-bond acceptors (Lipinski definition) is 2. The molecule has 3 rings (SSSR count). The molecule has 0 aromatic carbocycles. The van der Waals surface area contributed by atoms with Crippen LogP contribution in [0.1, 0.15) is 32.1 Å². The Morgan fingerprint density at radius 3 is 2.69 bits per heavy atom. The van der Waals surface area contributed by atoms with Gasteiger partial charge >= 0.3 is 0 Å². The van der Waals surface area contributed by atoms with Gasteiger partial charge in [-0.25, -0.2) is 0 Å². The van der Waals surface area contributed by atoms with Crippen molar-refractivity contribution in [3.63, 3.8) is 0 Å². The minimum atomic E-state index is 0.743. The lowest BCUT2D eigenvalue weighted by Crippen LogP contribution is -2.64. The number of rotatable bonds is 2. The monoisotopic (exact) mass is 197 g/mol. The zero-order valence-corrected chi connectivity index (χ0v) is 9.11. The molecule has 0 aromatic heterocycles. The average molecular weight is 197 g/mol. The third-order valence-corrected chi connectivity index (χ3v) is 5.54. The van der Waals surface area contributed by atoms with Crippen LogP contribution >= 0.6 is 11.8 Å². The highest BCUT2D eigenvalue weighted by Crippen LogP contribution is 2.47. The molecule has 1 aliphatic carbocycles. The van der Waals surface area contributed by atoms with Gasteiger partial charge in [0.1, 0.15) is 0 Å². The SMILES string of the molecule is C1CC2(C1)CCN2CC1CCSC1. The molecule has 3 fully saturated rings. The molecule has 3 aliphatic rings. The molecular formula is C11H19NS. The van der Waals surface area contributed by atoms with Crippen molar-refractivity contribution in [2.75, 3.05) is 24.6 Å². The molecular weight excluding hydrogens is 178 g/mol. The molecule has 1 spiro atoms. The Balaban J connectivity index is 1.54. The van der Waals surface area contributed by atoms with E-state index in [-0.39, 0.29) is 0 Å². The smallest absolute Gasteiger partial charge is 0.0221 e. The largest absolute Gasteiger partial charge is 0.297 e. The van der Waals surface area contributed by atoms with Crippen LogP contribution in [0.15, 0.2) is 0 Å². The number of hydrogen-bond donors (Lipinski definition) is 0. The fourth-order valence-electron chi connectivity index (χ4n) is 3.06. The first-order valence-corrected chi connectivity index (χ1v) is 6.87. The van der Waals surface area contributed by atoms with E-state index in [1.165, 1.54) is 56.7 Å². The molecule has 0 bridgehead atoms. The van der Waals surface area contributed by atoms with E-state index in [0.29, 0.717) is 0 Å². The molecule has 0 amide bonds. The standard InChI is InChI=1S/C11H19NS/c1-3-11(4-1)5-6-12(11)8-10-2-7-13-9-10/h10H,1-9H2. The van der Waals surface area contributed by atoms with Gasteiger partial charge in [0.2, 0.25) is 0 Å². The van der Waals surface area contributed by atoms with Gasteiger partial charge in [-0.15, -0.1) is 0 Å². The van der Waals surface area contributed by atoms with Gasteiger partial charge in [0, 0.05) is 18.6 Å². The fourth-order valence-corrected chi connectivity index (χ4v) is 4.33. The van der Waals surface area contributed by atoms with Crippen molar-refractivity contribution in [2.45, 2.75) is 37.6 Å². The molecule has 1 nitrogen and oxygen atoms in total. The lowest BCUT2D eigenvalue weighted by molar-refractivity contribution is -0.0792. The first-order chi connectivity index (χ1) is 6.39. The predicted octanol–water partition coefficient (Wildman–Crippen LogP) is 2.37. The van der Waals surface area contributed by atoms with E-state index in [9.17, 15) is 0 Å². The van der Waals surface area contributed by atoms with E-state index < -0.39 is 0 Å². The summed E-state index contributed by atoms with van der Waals surface area (Å²) in [5.74, 6) is 3.89. The van der Waals surface area contributed by atoms with Gasteiger partial charge in [0.15, 0.2) is 0 Å². The van der Waals surface area contributed by atoms with Gasteiger partial charge in [-0.2, -0.15) is 11.8 Å². The van der Waals surface area contributed by atoms with Crippen molar-refractivity contribution >= 4 is 11.8 Å². The molecule has 0 aromatic rings. The Labute approximate surface area is 85.3 Å². The summed E-state index contributed by atoms with van der Waals surface area (Å²) in [6.07, 6.45) is 7.50. The third-order valence-electron chi connectivity index (χ3n) is 4.30. The normalized spacial score (nSPS) is 37.4. The van der Waals surface area contributed by atoms with Crippen LogP contribution in [-0.2, 0) is 0 Å². The summed E-state index contributed by atoms with van der Waals surface area (Å²) in [6.45, 7) is 2.83. The molecule has 0 N–H and O–H groups in total. The molecule has 2 heteroatoms. The van der Waals surface area contributed by atoms with Gasteiger partial charge in [-0.05, 0) is 49.5 Å². The number of thioether (sulfide) groups is 1. The molecule has 74 valence electrons. The van der Waals surface area contributed by atoms with Gasteiger partial charge in [0.25, 0.3) is 0 Å². The second kappa shape index (κ2) is 3.16. The van der Waals surface area contributed by atoms with Crippen LogP contribution in [0.5, 0.6) is 0 Å². The summed E-state index contributed by atoms with van der Waals surface area (Å²) in [6, 6.07) is 0. The van der Waals surface area contributed by atoms with Crippen LogP contribution < -0.4 is 0 Å². The molecule has 0 radical (unpaired) electrons. The van der Waals surface area contributed by atoms with Crippen LogP contribution in [0.25, 0.3) is 0 Å². The summed E-state index contributed by atoms with van der Waals surface area (Å²) in [7, 11) is 0. The lowest BCUT2D eigenvalue weighted by Gasteiger charge is -2.59. The molecule has 13 heavy (non-hydrogen) atoms. The Morgan fingerprint density at radius 2 is 2.23 bits per heavy atom. The molecule has 2 aliphatic heterocycles. The summed E-state index contributed by atoms with van der Waals surface area (Å²) < 4.78 is 0. The Kier molecular flexibility index (Phi) is 2.09. The summed E-state index contributed by atoms with van der Waals surface area (Å²) >= 11 is 2.16. The lowest BCUT2D eigenvalue weighted by atomic mass is 9.67. The fraction of sp³-hybridized carbons (Fsp3) is 1.00. The average Bonchev–Trinajstić information content (AvgIpc) is 2.47. The van der Waals surface area contributed by atoms with Gasteiger partial charge in [0.05, 0.1) is 0 Å². The van der Waals surface area contributed by atoms with E-state index in [1.807, 2.05) is 0 Å². The van der Waals surface area contributed by atoms with Crippen molar-refractivity contribution in [1.29, 1.82) is 0 Å². The van der Waals surface area contributed by atoms with Gasteiger partial charge in [-0.3, -0.25) is 4.90 Å². The van der Waals surface area contributed by atoms with Crippen molar-refractivity contribution in [3.8, 4) is 0 Å². The number of nitrogens with zero attached hydrogens (tertiary/aromatic N) is 1. The highest BCUT2D eigenvalue weighted by molar-refractivity contribution is 7.99. The topological polar surface area (TPSA) is 3.24 Å². The van der Waals surface area contributed by atoms with Gasteiger partial charge < -0.3 is 0 Å². The highest BCUT2D eigenvalue weighted by Gasteiger charge is 2.49. The molecule has 1 unspecified atom stereocenters. The van der Waals surface area contributed by atoms with Crippen molar-refractivity contribution in [2.24, 2.45) is 5.92 Å². The van der Waals surface area contributed by atoms with E-state index in [1.54, 1.807) is 0 Å². The van der Waals surface area contributed by atoms with Crippen molar-refractivity contribution in [1.82, 2.24) is 4.90 Å². The Morgan fingerprint density at radius 1 is 1.31 bits per heavy atom. The first-order valence-electron chi connectivity index (χ1n) is 5.72.